The number of nitrogens with zero attached hydrogens (tertiary/aromatic N) is 6. The van der Waals surface area contributed by atoms with E-state index in [1.54, 1.807) is 47.4 Å². The van der Waals surface area contributed by atoms with Crippen molar-refractivity contribution in [3.63, 3.8) is 0 Å². The van der Waals surface area contributed by atoms with E-state index in [0.717, 1.165) is 17.7 Å². The summed E-state index contributed by atoms with van der Waals surface area (Å²) in [6.07, 6.45) is 4.87. The molecule has 306 valence electrons. The number of imide groups is 2. The third-order valence-electron chi connectivity index (χ3n) is 9.96. The smallest absolute Gasteiger partial charge is 0.273 e. The van der Waals surface area contributed by atoms with Gasteiger partial charge in [0.25, 0.3) is 17.7 Å². The van der Waals surface area contributed by atoms with Crippen LogP contribution in [0.15, 0.2) is 48.8 Å². The van der Waals surface area contributed by atoms with Gasteiger partial charge in [-0.1, -0.05) is 6.07 Å². The molecule has 3 aliphatic rings. The third kappa shape index (κ3) is 9.00. The van der Waals surface area contributed by atoms with Gasteiger partial charge in [-0.15, -0.1) is 10.2 Å². The van der Waals surface area contributed by atoms with Crippen molar-refractivity contribution in [3.8, 4) is 17.1 Å². The van der Waals surface area contributed by atoms with Gasteiger partial charge in [0.2, 0.25) is 23.6 Å². The SMILES string of the molecule is CNC(=O)c1nnc(NC(=O)C2CC2)cc1Nc1cccc(-c2ncn(CCNC(=O)CCCCNc3ccc4c(c3)C(=O)N(C3CCC(=O)NC3=O)C4=O)n2)c1OC. The van der Waals surface area contributed by atoms with Gasteiger partial charge in [-0.2, -0.15) is 5.10 Å². The maximum Gasteiger partial charge on any atom is 0.273 e. The number of unbranched alkanes of at least 4 members (excludes halogenated alkanes) is 1. The summed E-state index contributed by atoms with van der Waals surface area (Å²) >= 11 is 0. The van der Waals surface area contributed by atoms with Crippen LogP contribution in [0.4, 0.5) is 22.9 Å². The lowest BCUT2D eigenvalue weighted by atomic mass is 10.0. The van der Waals surface area contributed by atoms with E-state index in [-0.39, 0.29) is 53.2 Å². The topological polar surface area (TPSA) is 261 Å². The first-order valence-electron chi connectivity index (χ1n) is 19.1. The average molecular weight is 807 g/mol. The first-order valence-corrected chi connectivity index (χ1v) is 19.1. The Hall–Kier alpha value is -7.25. The number of para-hydroxylation sites is 1. The minimum Gasteiger partial charge on any atom is -0.494 e. The molecule has 1 aliphatic carbocycles. The van der Waals surface area contributed by atoms with Gasteiger partial charge in [-0.3, -0.25) is 48.5 Å². The number of methoxy groups -OCH3 is 1. The van der Waals surface area contributed by atoms with Gasteiger partial charge in [0, 0.05) is 50.7 Å². The highest BCUT2D eigenvalue weighted by Gasteiger charge is 2.44. The number of nitrogens with one attached hydrogen (secondary N) is 6. The van der Waals surface area contributed by atoms with Crippen molar-refractivity contribution in [2.75, 3.05) is 43.2 Å². The number of carbonyl (C=O) groups is 7. The number of ether oxygens (including phenoxy) is 1. The summed E-state index contributed by atoms with van der Waals surface area (Å²) in [7, 11) is 2.97. The Morgan fingerprint density at radius 3 is 2.49 bits per heavy atom. The van der Waals surface area contributed by atoms with Crippen LogP contribution in [0.2, 0.25) is 0 Å². The molecule has 0 radical (unpaired) electrons. The molecule has 20 heteroatoms. The maximum atomic E-state index is 13.1. The molecule has 1 saturated heterocycles. The number of carbonyl (C=O) groups excluding carboxylic acids is 7. The number of aromatic nitrogens is 5. The molecule has 20 nitrogen and oxygen atoms in total. The second kappa shape index (κ2) is 17.5. The highest BCUT2D eigenvalue weighted by molar-refractivity contribution is 6.23. The summed E-state index contributed by atoms with van der Waals surface area (Å²) in [6, 6.07) is 10.6. The highest BCUT2D eigenvalue weighted by Crippen LogP contribution is 2.37. The molecule has 1 atom stereocenters. The van der Waals surface area contributed by atoms with E-state index in [4.69, 9.17) is 4.74 Å². The molecule has 0 bridgehead atoms. The summed E-state index contributed by atoms with van der Waals surface area (Å²) in [6.45, 7) is 1.18. The van der Waals surface area contributed by atoms with E-state index in [1.165, 1.54) is 20.2 Å². The molecule has 1 unspecified atom stereocenters. The summed E-state index contributed by atoms with van der Waals surface area (Å²) in [5.74, 6) is -2.07. The lowest BCUT2D eigenvalue weighted by molar-refractivity contribution is -0.136. The monoisotopic (exact) mass is 806 g/mol. The predicted octanol–water partition coefficient (Wildman–Crippen LogP) is 2.00. The number of piperidine rings is 1. The molecule has 4 heterocycles. The molecule has 4 aromatic rings. The van der Waals surface area contributed by atoms with E-state index < -0.39 is 35.6 Å². The number of hydrogen-bond acceptors (Lipinski definition) is 14. The second-order valence-electron chi connectivity index (χ2n) is 14.1. The molecule has 2 fully saturated rings. The van der Waals surface area contributed by atoms with Gasteiger partial charge in [-0.05, 0) is 62.4 Å². The zero-order valence-corrected chi connectivity index (χ0v) is 32.3. The van der Waals surface area contributed by atoms with Crippen LogP contribution in [0.3, 0.4) is 0 Å². The Morgan fingerprint density at radius 1 is 0.915 bits per heavy atom. The number of anilines is 4. The minimum atomic E-state index is -1.03. The van der Waals surface area contributed by atoms with Gasteiger partial charge in [0.1, 0.15) is 12.4 Å². The first-order chi connectivity index (χ1) is 28.5. The van der Waals surface area contributed by atoms with Crippen LogP contribution in [-0.4, -0.2) is 105 Å². The van der Waals surface area contributed by atoms with E-state index in [0.29, 0.717) is 73.1 Å². The fraction of sp³-hybridized carbons (Fsp3) is 0.359. The molecule has 7 amide bonds. The molecule has 1 saturated carbocycles. The molecule has 6 N–H and O–H groups in total. The Labute approximate surface area is 337 Å². The summed E-state index contributed by atoms with van der Waals surface area (Å²) in [5.41, 5.74) is 2.38. The fourth-order valence-corrected chi connectivity index (χ4v) is 6.73. The van der Waals surface area contributed by atoms with Crippen LogP contribution in [-0.2, 0) is 25.7 Å². The second-order valence-corrected chi connectivity index (χ2v) is 14.1. The molecule has 0 spiro atoms. The van der Waals surface area contributed by atoms with E-state index >= 15 is 0 Å². The van der Waals surface area contributed by atoms with Gasteiger partial charge in [-0.25, -0.2) is 4.98 Å². The lowest BCUT2D eigenvalue weighted by Gasteiger charge is -2.27. The van der Waals surface area contributed by atoms with Crippen molar-refractivity contribution in [1.29, 1.82) is 0 Å². The van der Waals surface area contributed by atoms with E-state index in [1.807, 2.05) is 0 Å². The quantitative estimate of drug-likeness (QED) is 0.0659. The van der Waals surface area contributed by atoms with Crippen LogP contribution in [0, 0.1) is 5.92 Å². The number of benzene rings is 2. The molecular weight excluding hydrogens is 765 g/mol. The zero-order chi connectivity index (χ0) is 41.6. The first kappa shape index (κ1) is 40.0. The highest BCUT2D eigenvalue weighted by atomic mass is 16.5. The number of hydrogen-bond donors (Lipinski definition) is 6. The standard InChI is InChI=1S/C39H42N12O8/c1-40-37(56)32-27(19-29(47-48-32)45-35(54)21-9-10-21)44-26-7-5-6-24(33(26)59-2)34-43-20-50(49-34)17-16-42-30(52)8-3-4-15-41-22-11-12-23-25(18-22)39(58)51(38(23)57)28-13-14-31(53)46-36(28)55/h5-7,11-12,18-21,28,41H,3-4,8-10,13-17H2,1-2H3,(H,40,56)(H,42,52)(H,46,53,55)(H2,44,45,47,54). The Kier molecular flexibility index (Phi) is 11.8. The van der Waals surface area contributed by atoms with Crippen molar-refractivity contribution in [2.24, 2.45) is 5.92 Å². The number of amides is 7. The lowest BCUT2D eigenvalue weighted by Crippen LogP contribution is -2.54. The van der Waals surface area contributed by atoms with Crippen LogP contribution < -0.4 is 36.6 Å². The molecular formula is C39H42N12O8. The Balaban J connectivity index is 0.873. The van der Waals surface area contributed by atoms with Crippen molar-refractivity contribution in [1.82, 2.24) is 45.8 Å². The number of fused-ring (bicyclic) bond motifs is 1. The molecule has 2 aromatic carbocycles. The zero-order valence-electron chi connectivity index (χ0n) is 32.3. The van der Waals surface area contributed by atoms with Crippen molar-refractivity contribution >= 4 is 64.2 Å². The third-order valence-corrected chi connectivity index (χ3v) is 9.96. The van der Waals surface area contributed by atoms with Gasteiger partial charge in [0.05, 0.1) is 41.7 Å². The normalized spacial score (nSPS) is 16.0. The molecule has 7 rings (SSSR count). The average Bonchev–Trinajstić information content (AvgIpc) is 3.93. The fourth-order valence-electron chi connectivity index (χ4n) is 6.73. The van der Waals surface area contributed by atoms with Crippen LogP contribution >= 0.6 is 0 Å². The van der Waals surface area contributed by atoms with E-state index in [9.17, 15) is 33.6 Å². The summed E-state index contributed by atoms with van der Waals surface area (Å²) in [4.78, 5) is 92.8. The van der Waals surface area contributed by atoms with Gasteiger partial charge >= 0.3 is 0 Å². The van der Waals surface area contributed by atoms with E-state index in [2.05, 4.69) is 52.2 Å². The molecule has 2 aliphatic heterocycles. The van der Waals surface area contributed by atoms with Crippen molar-refractivity contribution in [3.05, 3.63) is 65.6 Å². The van der Waals surface area contributed by atoms with Crippen molar-refractivity contribution in [2.45, 2.75) is 57.5 Å². The minimum absolute atomic E-state index is 0.0154. The Morgan fingerprint density at radius 2 is 1.73 bits per heavy atom. The van der Waals surface area contributed by atoms with Crippen LogP contribution in [0.25, 0.3) is 11.4 Å². The van der Waals surface area contributed by atoms with Gasteiger partial charge in [0.15, 0.2) is 23.1 Å². The van der Waals surface area contributed by atoms with Crippen molar-refractivity contribution < 1.29 is 38.3 Å². The van der Waals surface area contributed by atoms with Gasteiger partial charge < -0.3 is 31.3 Å². The number of rotatable bonds is 17. The van der Waals surface area contributed by atoms with Crippen LogP contribution in [0.5, 0.6) is 5.75 Å². The summed E-state index contributed by atoms with van der Waals surface area (Å²) in [5, 5.41) is 29.4. The molecule has 59 heavy (non-hydrogen) atoms. The maximum absolute atomic E-state index is 13.1. The Bertz CT molecular complexity index is 2340. The molecule has 2 aromatic heterocycles. The summed E-state index contributed by atoms with van der Waals surface area (Å²) < 4.78 is 7.36. The van der Waals surface area contributed by atoms with Crippen LogP contribution in [0.1, 0.15) is 76.2 Å². The predicted molar refractivity (Wildman–Crippen MR) is 211 cm³/mol. The largest absolute Gasteiger partial charge is 0.494 e.